The van der Waals surface area contributed by atoms with Gasteiger partial charge in [0, 0.05) is 36.3 Å². The minimum atomic E-state index is -0.292. The van der Waals surface area contributed by atoms with Gasteiger partial charge in [0.1, 0.15) is 12.4 Å². The van der Waals surface area contributed by atoms with Gasteiger partial charge in [-0.15, -0.1) is 0 Å². The van der Waals surface area contributed by atoms with E-state index >= 15 is 0 Å². The molecule has 2 aromatic carbocycles. The Kier molecular flexibility index (Phi) is 9.21. The third-order valence-electron chi connectivity index (χ3n) is 5.00. The Bertz CT molecular complexity index is 800. The van der Waals surface area contributed by atoms with Crippen molar-refractivity contribution in [2.45, 2.75) is 26.5 Å². The van der Waals surface area contributed by atoms with E-state index in [0.29, 0.717) is 35.2 Å². The summed E-state index contributed by atoms with van der Waals surface area (Å²) in [6.07, 6.45) is 1.07. The number of ether oxygens (including phenoxy) is 3. The van der Waals surface area contributed by atoms with Crippen LogP contribution in [0.5, 0.6) is 11.5 Å². The molecule has 1 N–H and O–H groups in total. The van der Waals surface area contributed by atoms with Crippen molar-refractivity contribution in [3.8, 4) is 11.5 Å². The summed E-state index contributed by atoms with van der Waals surface area (Å²) in [5, 5.41) is 4.05. The third-order valence-corrected chi connectivity index (χ3v) is 5.35. The third kappa shape index (κ3) is 6.84. The molecule has 0 unspecified atom stereocenters. The van der Waals surface area contributed by atoms with Crippen molar-refractivity contribution >= 4 is 11.6 Å². The summed E-state index contributed by atoms with van der Waals surface area (Å²) in [4.78, 5) is 2.42. The molecule has 2 aromatic rings. The number of morpholine rings is 1. The van der Waals surface area contributed by atoms with E-state index in [2.05, 4.69) is 10.2 Å². The first-order valence-corrected chi connectivity index (χ1v) is 10.9. The number of rotatable bonds is 11. The van der Waals surface area contributed by atoms with Crippen LogP contribution in [0.15, 0.2) is 36.4 Å². The molecule has 0 atom stereocenters. The fourth-order valence-electron chi connectivity index (χ4n) is 3.34. The highest BCUT2D eigenvalue weighted by Crippen LogP contribution is 2.34. The van der Waals surface area contributed by atoms with Crippen LogP contribution in [-0.4, -0.2) is 50.9 Å². The standard InChI is InChI=1S/C23H30ClFN2O3/c1-2-29-22-14-19(16-26-8-5-9-27-10-12-28-13-11-27)20(24)15-23(22)30-17-18-6-3-4-7-21(18)25/h3-4,6-7,14-15,26H,2,5,8-13,16-17H2,1H3. The van der Waals surface area contributed by atoms with Crippen LogP contribution in [0.25, 0.3) is 0 Å². The van der Waals surface area contributed by atoms with Gasteiger partial charge in [-0.1, -0.05) is 29.8 Å². The molecule has 1 aliphatic heterocycles. The van der Waals surface area contributed by atoms with Gasteiger partial charge >= 0.3 is 0 Å². The molecule has 164 valence electrons. The molecule has 0 spiro atoms. The molecule has 0 amide bonds. The van der Waals surface area contributed by atoms with Crippen molar-refractivity contribution in [3.05, 3.63) is 58.4 Å². The fourth-order valence-corrected chi connectivity index (χ4v) is 3.56. The molecule has 30 heavy (non-hydrogen) atoms. The zero-order valence-corrected chi connectivity index (χ0v) is 18.2. The Hall–Kier alpha value is -1.86. The van der Waals surface area contributed by atoms with Gasteiger partial charge in [0.05, 0.1) is 19.8 Å². The van der Waals surface area contributed by atoms with Crippen molar-refractivity contribution in [1.29, 1.82) is 0 Å². The Morgan fingerprint density at radius 2 is 1.87 bits per heavy atom. The summed E-state index contributed by atoms with van der Waals surface area (Å²) < 4.78 is 30.8. The lowest BCUT2D eigenvalue weighted by Crippen LogP contribution is -2.37. The van der Waals surface area contributed by atoms with Gasteiger partial charge in [-0.05, 0) is 44.1 Å². The normalized spacial score (nSPS) is 14.6. The zero-order chi connectivity index (χ0) is 21.2. The molecule has 5 nitrogen and oxygen atoms in total. The smallest absolute Gasteiger partial charge is 0.163 e. The van der Waals surface area contributed by atoms with E-state index in [1.165, 1.54) is 6.07 Å². The minimum absolute atomic E-state index is 0.113. The lowest BCUT2D eigenvalue weighted by atomic mass is 10.2. The molecule has 0 saturated carbocycles. The van der Waals surface area contributed by atoms with E-state index in [1.807, 2.05) is 13.0 Å². The SMILES string of the molecule is CCOc1cc(CNCCCN2CCOCC2)c(Cl)cc1OCc1ccccc1F. The maximum absolute atomic E-state index is 13.9. The largest absolute Gasteiger partial charge is 0.490 e. The van der Waals surface area contributed by atoms with Crippen molar-refractivity contribution in [3.63, 3.8) is 0 Å². The van der Waals surface area contributed by atoms with Crippen LogP contribution in [-0.2, 0) is 17.9 Å². The van der Waals surface area contributed by atoms with E-state index in [4.69, 9.17) is 25.8 Å². The zero-order valence-electron chi connectivity index (χ0n) is 17.5. The molecule has 7 heteroatoms. The molecular formula is C23H30ClFN2O3. The van der Waals surface area contributed by atoms with Gasteiger partial charge < -0.3 is 19.5 Å². The molecular weight excluding hydrogens is 407 g/mol. The lowest BCUT2D eigenvalue weighted by Gasteiger charge is -2.26. The molecule has 1 saturated heterocycles. The van der Waals surface area contributed by atoms with Crippen molar-refractivity contribution in [2.75, 3.05) is 46.0 Å². The maximum Gasteiger partial charge on any atom is 0.163 e. The fraction of sp³-hybridized carbons (Fsp3) is 0.478. The quantitative estimate of drug-likeness (QED) is 0.533. The topological polar surface area (TPSA) is 43.0 Å². The van der Waals surface area contributed by atoms with Crippen LogP contribution < -0.4 is 14.8 Å². The number of hydrogen-bond acceptors (Lipinski definition) is 5. The van der Waals surface area contributed by atoms with Crippen molar-refractivity contribution in [2.24, 2.45) is 0 Å². The molecule has 1 heterocycles. The Morgan fingerprint density at radius 3 is 2.63 bits per heavy atom. The summed E-state index contributed by atoms with van der Waals surface area (Å²) in [5.74, 6) is 0.837. The van der Waals surface area contributed by atoms with Crippen LogP contribution in [0, 0.1) is 5.82 Å². The number of nitrogens with zero attached hydrogens (tertiary/aromatic N) is 1. The second-order valence-corrected chi connectivity index (χ2v) is 7.59. The number of halogens is 2. The molecule has 0 aromatic heterocycles. The van der Waals surface area contributed by atoms with Crippen LogP contribution in [0.1, 0.15) is 24.5 Å². The number of hydrogen-bond donors (Lipinski definition) is 1. The van der Waals surface area contributed by atoms with Gasteiger partial charge in [0.15, 0.2) is 11.5 Å². The van der Waals surface area contributed by atoms with E-state index < -0.39 is 0 Å². The maximum atomic E-state index is 13.9. The molecule has 1 aliphatic rings. The molecule has 3 rings (SSSR count). The second kappa shape index (κ2) is 12.1. The van der Waals surface area contributed by atoms with Gasteiger partial charge in [0.2, 0.25) is 0 Å². The second-order valence-electron chi connectivity index (χ2n) is 7.19. The summed E-state index contributed by atoms with van der Waals surface area (Å²) in [5.41, 5.74) is 1.44. The first-order valence-electron chi connectivity index (χ1n) is 10.5. The molecule has 0 aliphatic carbocycles. The minimum Gasteiger partial charge on any atom is -0.490 e. The highest BCUT2D eigenvalue weighted by Gasteiger charge is 2.13. The van der Waals surface area contributed by atoms with Crippen molar-refractivity contribution in [1.82, 2.24) is 10.2 Å². The first kappa shape index (κ1) is 22.8. The predicted molar refractivity (Wildman–Crippen MR) is 117 cm³/mol. The highest BCUT2D eigenvalue weighted by atomic mass is 35.5. The van der Waals surface area contributed by atoms with E-state index in [9.17, 15) is 4.39 Å². The molecule has 0 bridgehead atoms. The van der Waals surface area contributed by atoms with Gasteiger partial charge in [-0.2, -0.15) is 0 Å². The van der Waals surface area contributed by atoms with Crippen LogP contribution in [0.4, 0.5) is 4.39 Å². The average Bonchev–Trinajstić information content (AvgIpc) is 2.76. The summed E-state index contributed by atoms with van der Waals surface area (Å²) >= 11 is 6.48. The highest BCUT2D eigenvalue weighted by molar-refractivity contribution is 6.31. The first-order chi connectivity index (χ1) is 14.7. The van der Waals surface area contributed by atoms with Crippen LogP contribution in [0.2, 0.25) is 5.02 Å². The van der Waals surface area contributed by atoms with Gasteiger partial charge in [-0.3, -0.25) is 4.90 Å². The van der Waals surface area contributed by atoms with Crippen LogP contribution >= 0.6 is 11.6 Å². The summed E-state index contributed by atoms with van der Waals surface area (Å²) in [6.45, 7) is 8.83. The predicted octanol–water partition coefficient (Wildman–Crippen LogP) is 4.27. The molecule has 0 radical (unpaired) electrons. The molecule has 1 fully saturated rings. The van der Waals surface area contributed by atoms with E-state index in [1.54, 1.807) is 24.3 Å². The lowest BCUT2D eigenvalue weighted by molar-refractivity contribution is 0.0374. The van der Waals surface area contributed by atoms with Crippen LogP contribution in [0.3, 0.4) is 0 Å². The Morgan fingerprint density at radius 1 is 1.10 bits per heavy atom. The van der Waals surface area contributed by atoms with E-state index in [-0.39, 0.29) is 12.4 Å². The van der Waals surface area contributed by atoms with Gasteiger partial charge in [0.25, 0.3) is 0 Å². The van der Waals surface area contributed by atoms with E-state index in [0.717, 1.165) is 51.4 Å². The Balaban J connectivity index is 1.53. The monoisotopic (exact) mass is 436 g/mol. The Labute approximate surface area is 183 Å². The number of benzene rings is 2. The van der Waals surface area contributed by atoms with Crippen molar-refractivity contribution < 1.29 is 18.6 Å². The summed E-state index contributed by atoms with van der Waals surface area (Å²) in [7, 11) is 0. The van der Waals surface area contributed by atoms with Gasteiger partial charge in [-0.25, -0.2) is 4.39 Å². The summed E-state index contributed by atoms with van der Waals surface area (Å²) in [6, 6.07) is 10.2. The average molecular weight is 437 g/mol. The number of nitrogens with one attached hydrogen (secondary N) is 1.